The molecule has 1 aromatic carbocycles. The van der Waals surface area contributed by atoms with Crippen LogP contribution in [0.4, 0.5) is 9.18 Å². The number of alkyl carbamates (subject to hydrolysis) is 1. The Hall–Kier alpha value is -1.33. The maximum Gasteiger partial charge on any atom is 0.407 e. The van der Waals surface area contributed by atoms with Crippen LogP contribution < -0.4 is 11.1 Å². The van der Waals surface area contributed by atoms with E-state index in [4.69, 9.17) is 22.1 Å². The number of hydrogen-bond acceptors (Lipinski definition) is 3. The molecule has 0 aliphatic heterocycles. The summed E-state index contributed by atoms with van der Waals surface area (Å²) in [5, 5.41) is 2.69. The van der Waals surface area contributed by atoms with Crippen molar-refractivity contribution >= 4 is 17.7 Å². The van der Waals surface area contributed by atoms with Gasteiger partial charge in [-0.2, -0.15) is 0 Å². The van der Waals surface area contributed by atoms with E-state index >= 15 is 0 Å². The van der Waals surface area contributed by atoms with Crippen LogP contribution >= 0.6 is 11.6 Å². The van der Waals surface area contributed by atoms with Crippen LogP contribution in [0.1, 0.15) is 32.3 Å². The molecule has 4 nitrogen and oxygen atoms in total. The number of nitrogens with two attached hydrogens (primary N) is 1. The highest BCUT2D eigenvalue weighted by Gasteiger charge is 2.18. The molecule has 0 saturated heterocycles. The van der Waals surface area contributed by atoms with Gasteiger partial charge in [0.15, 0.2) is 0 Å². The quantitative estimate of drug-likeness (QED) is 0.898. The molecule has 0 aliphatic carbocycles. The molecule has 0 radical (unpaired) electrons. The van der Waals surface area contributed by atoms with Crippen molar-refractivity contribution in [1.29, 1.82) is 0 Å². The molecule has 6 heteroatoms. The van der Waals surface area contributed by atoms with E-state index < -0.39 is 17.5 Å². The molecule has 0 fully saturated rings. The first-order valence-electron chi connectivity index (χ1n) is 6.35. The maximum absolute atomic E-state index is 13.4. The summed E-state index contributed by atoms with van der Waals surface area (Å²) in [7, 11) is 0. The lowest BCUT2D eigenvalue weighted by Gasteiger charge is -2.21. The molecule has 20 heavy (non-hydrogen) atoms. The van der Waals surface area contributed by atoms with E-state index in [1.54, 1.807) is 26.8 Å². The van der Waals surface area contributed by atoms with Crippen molar-refractivity contribution in [3.05, 3.63) is 34.6 Å². The van der Waals surface area contributed by atoms with Gasteiger partial charge in [0, 0.05) is 19.0 Å². The standard InChI is InChI=1S/C14H20ClFN2O2/c1-14(2,3)20-13(19)18-8-10(7-17)9-4-5-11(15)12(16)6-9/h4-6,10H,7-8,17H2,1-3H3,(H,18,19). The summed E-state index contributed by atoms with van der Waals surface area (Å²) >= 11 is 5.63. The topological polar surface area (TPSA) is 64.3 Å². The maximum atomic E-state index is 13.4. The monoisotopic (exact) mass is 302 g/mol. The lowest BCUT2D eigenvalue weighted by molar-refractivity contribution is 0.0525. The van der Waals surface area contributed by atoms with Crippen molar-refractivity contribution in [2.75, 3.05) is 13.1 Å². The van der Waals surface area contributed by atoms with Crippen LogP contribution in [0.15, 0.2) is 18.2 Å². The summed E-state index contributed by atoms with van der Waals surface area (Å²) in [5.41, 5.74) is 5.78. The summed E-state index contributed by atoms with van der Waals surface area (Å²) in [6.07, 6.45) is -0.523. The van der Waals surface area contributed by atoms with Crippen molar-refractivity contribution in [1.82, 2.24) is 5.32 Å². The molecular formula is C14H20ClFN2O2. The predicted octanol–water partition coefficient (Wildman–Crippen LogP) is 3.05. The van der Waals surface area contributed by atoms with E-state index in [2.05, 4.69) is 5.32 Å². The average molecular weight is 303 g/mol. The number of hydrogen-bond donors (Lipinski definition) is 2. The average Bonchev–Trinajstić information content (AvgIpc) is 2.32. The largest absolute Gasteiger partial charge is 0.444 e. The number of carbonyl (C=O) groups is 1. The van der Waals surface area contributed by atoms with Gasteiger partial charge in [0.1, 0.15) is 11.4 Å². The second kappa shape index (κ2) is 6.90. The number of ether oxygens (including phenoxy) is 1. The highest BCUT2D eigenvalue weighted by atomic mass is 35.5. The molecule has 0 aromatic heterocycles. The Morgan fingerprint density at radius 3 is 2.65 bits per heavy atom. The molecule has 112 valence electrons. The zero-order valence-corrected chi connectivity index (χ0v) is 12.6. The predicted molar refractivity (Wildman–Crippen MR) is 77.4 cm³/mol. The van der Waals surface area contributed by atoms with Crippen LogP contribution in [0.5, 0.6) is 0 Å². The molecule has 0 saturated carbocycles. The van der Waals surface area contributed by atoms with Gasteiger partial charge in [-0.05, 0) is 38.5 Å². The number of carbonyl (C=O) groups excluding carboxylic acids is 1. The van der Waals surface area contributed by atoms with Crippen molar-refractivity contribution in [2.45, 2.75) is 32.3 Å². The Balaban J connectivity index is 2.63. The van der Waals surface area contributed by atoms with E-state index in [0.29, 0.717) is 5.56 Å². The van der Waals surface area contributed by atoms with Crippen LogP contribution in [0.2, 0.25) is 5.02 Å². The van der Waals surface area contributed by atoms with E-state index in [1.165, 1.54) is 12.1 Å². The number of rotatable bonds is 4. The zero-order chi connectivity index (χ0) is 15.3. The lowest BCUT2D eigenvalue weighted by atomic mass is 9.99. The molecule has 0 bridgehead atoms. The van der Waals surface area contributed by atoms with Gasteiger partial charge in [-0.1, -0.05) is 17.7 Å². The molecule has 1 unspecified atom stereocenters. The third-order valence-corrected chi connectivity index (χ3v) is 2.90. The van der Waals surface area contributed by atoms with Crippen LogP contribution in [-0.2, 0) is 4.74 Å². The zero-order valence-electron chi connectivity index (χ0n) is 11.9. The summed E-state index contributed by atoms with van der Waals surface area (Å²) < 4.78 is 18.5. The fraction of sp³-hybridized carbons (Fsp3) is 0.500. The number of benzene rings is 1. The second-order valence-electron chi connectivity index (χ2n) is 5.49. The Morgan fingerprint density at radius 1 is 1.50 bits per heavy atom. The fourth-order valence-corrected chi connectivity index (χ4v) is 1.74. The fourth-order valence-electron chi connectivity index (χ4n) is 1.62. The number of halogens is 2. The highest BCUT2D eigenvalue weighted by molar-refractivity contribution is 6.30. The molecule has 1 rings (SSSR count). The van der Waals surface area contributed by atoms with Crippen LogP contribution in [-0.4, -0.2) is 24.8 Å². The number of nitrogens with one attached hydrogen (secondary N) is 1. The van der Waals surface area contributed by atoms with Crippen molar-refractivity contribution < 1.29 is 13.9 Å². The van der Waals surface area contributed by atoms with Gasteiger partial charge in [-0.25, -0.2) is 9.18 Å². The minimum Gasteiger partial charge on any atom is -0.444 e. The second-order valence-corrected chi connectivity index (χ2v) is 5.90. The van der Waals surface area contributed by atoms with Crippen LogP contribution in [0.25, 0.3) is 0 Å². The first-order chi connectivity index (χ1) is 9.23. The Kier molecular flexibility index (Phi) is 5.77. The van der Waals surface area contributed by atoms with Crippen LogP contribution in [0.3, 0.4) is 0 Å². The van der Waals surface area contributed by atoms with Gasteiger partial charge in [-0.15, -0.1) is 0 Å². The molecule has 0 aliphatic rings. The van der Waals surface area contributed by atoms with E-state index in [-0.39, 0.29) is 24.0 Å². The van der Waals surface area contributed by atoms with E-state index in [0.717, 1.165) is 0 Å². The van der Waals surface area contributed by atoms with Crippen LogP contribution in [0, 0.1) is 5.82 Å². The Morgan fingerprint density at radius 2 is 2.15 bits per heavy atom. The summed E-state index contributed by atoms with van der Waals surface area (Å²) in [5.74, 6) is -0.700. The minimum atomic E-state index is -0.561. The molecule has 3 N–H and O–H groups in total. The SMILES string of the molecule is CC(C)(C)OC(=O)NCC(CN)c1ccc(Cl)c(F)c1. The molecule has 0 heterocycles. The first-order valence-corrected chi connectivity index (χ1v) is 6.72. The first kappa shape index (κ1) is 16.7. The van der Waals surface area contributed by atoms with Gasteiger partial charge < -0.3 is 15.8 Å². The molecule has 0 spiro atoms. The Bertz CT molecular complexity index is 475. The highest BCUT2D eigenvalue weighted by Crippen LogP contribution is 2.21. The molecule has 1 amide bonds. The van der Waals surface area contributed by atoms with Crippen molar-refractivity contribution in [3.8, 4) is 0 Å². The minimum absolute atomic E-state index is 0.0598. The van der Waals surface area contributed by atoms with E-state index in [1.807, 2.05) is 0 Å². The summed E-state index contributed by atoms with van der Waals surface area (Å²) in [4.78, 5) is 11.6. The normalized spacial score (nSPS) is 12.9. The molecule has 1 aromatic rings. The Labute approximate surface area is 123 Å². The van der Waals surface area contributed by atoms with Gasteiger partial charge in [0.05, 0.1) is 5.02 Å². The van der Waals surface area contributed by atoms with Gasteiger partial charge in [-0.3, -0.25) is 0 Å². The molecule has 1 atom stereocenters. The number of amides is 1. The van der Waals surface area contributed by atoms with Crippen molar-refractivity contribution in [3.63, 3.8) is 0 Å². The van der Waals surface area contributed by atoms with E-state index in [9.17, 15) is 9.18 Å². The molecular weight excluding hydrogens is 283 g/mol. The van der Waals surface area contributed by atoms with Gasteiger partial charge >= 0.3 is 6.09 Å². The summed E-state index contributed by atoms with van der Waals surface area (Å²) in [6, 6.07) is 4.50. The third kappa shape index (κ3) is 5.35. The third-order valence-electron chi connectivity index (χ3n) is 2.59. The van der Waals surface area contributed by atoms with Gasteiger partial charge in [0.2, 0.25) is 0 Å². The smallest absolute Gasteiger partial charge is 0.407 e. The van der Waals surface area contributed by atoms with Gasteiger partial charge in [0.25, 0.3) is 0 Å². The lowest BCUT2D eigenvalue weighted by Crippen LogP contribution is -2.36. The summed E-state index contributed by atoms with van der Waals surface area (Å²) in [6.45, 7) is 5.88. The van der Waals surface area contributed by atoms with Crippen molar-refractivity contribution in [2.24, 2.45) is 5.73 Å².